The third kappa shape index (κ3) is 2.72. The molecule has 3 nitrogen and oxygen atoms in total. The molecule has 0 bridgehead atoms. The van der Waals surface area contributed by atoms with Gasteiger partial charge < -0.3 is 4.90 Å². The summed E-state index contributed by atoms with van der Waals surface area (Å²) in [5.41, 5.74) is 1.20. The van der Waals surface area contributed by atoms with Crippen molar-refractivity contribution in [3.8, 4) is 0 Å². The molecule has 0 radical (unpaired) electrons. The summed E-state index contributed by atoms with van der Waals surface area (Å²) < 4.78 is 9.16. The van der Waals surface area contributed by atoms with Crippen molar-refractivity contribution in [2.45, 2.75) is 6.54 Å². The number of hydrogen-bond donors (Lipinski definition) is 0. The third-order valence-corrected chi connectivity index (χ3v) is 3.47. The zero-order chi connectivity index (χ0) is 11.5. The van der Waals surface area contributed by atoms with Crippen LogP contribution in [0, 0.1) is 0 Å². The predicted molar refractivity (Wildman–Crippen MR) is 71.2 cm³/mol. The molecule has 84 valence electrons. The summed E-state index contributed by atoms with van der Waals surface area (Å²) in [5.74, 6) is 0.728. The van der Waals surface area contributed by atoms with Gasteiger partial charge in [0.1, 0.15) is 0 Å². The average Bonchev–Trinajstić information content (AvgIpc) is 2.64. The second-order valence-corrected chi connectivity index (χ2v) is 5.17. The van der Waals surface area contributed by atoms with E-state index in [0.29, 0.717) is 5.15 Å². The van der Waals surface area contributed by atoms with Crippen LogP contribution in [0.25, 0.3) is 0 Å². The van der Waals surface area contributed by atoms with E-state index in [1.165, 1.54) is 5.56 Å². The molecular formula is C10H9BrClN3S. The number of hydrogen-bond acceptors (Lipinski definition) is 4. The van der Waals surface area contributed by atoms with Crippen LogP contribution >= 0.6 is 39.3 Å². The van der Waals surface area contributed by atoms with Crippen LogP contribution in [0.5, 0.6) is 0 Å². The van der Waals surface area contributed by atoms with Gasteiger partial charge in [-0.3, -0.25) is 0 Å². The lowest BCUT2D eigenvalue weighted by molar-refractivity contribution is 0.907. The molecule has 0 N–H and O–H groups in total. The summed E-state index contributed by atoms with van der Waals surface area (Å²) in [5, 5.41) is 0.461. The molecule has 6 heteroatoms. The maximum Gasteiger partial charge on any atom is 0.187 e. The lowest BCUT2D eigenvalue weighted by atomic mass is 10.2. The molecule has 1 aromatic carbocycles. The molecule has 0 saturated heterocycles. The summed E-state index contributed by atoms with van der Waals surface area (Å²) in [6, 6.07) is 8.15. The van der Waals surface area contributed by atoms with Crippen LogP contribution in [0.2, 0.25) is 5.15 Å². The van der Waals surface area contributed by atoms with Crippen molar-refractivity contribution in [2.75, 3.05) is 11.9 Å². The Balaban J connectivity index is 2.14. The minimum Gasteiger partial charge on any atom is -0.352 e. The first-order valence-corrected chi connectivity index (χ1v) is 6.50. The van der Waals surface area contributed by atoms with E-state index in [2.05, 4.69) is 36.8 Å². The molecule has 0 amide bonds. The molecule has 0 saturated carbocycles. The van der Waals surface area contributed by atoms with Crippen LogP contribution in [-0.2, 0) is 6.54 Å². The standard InChI is InChI=1S/C10H9BrClN3S/c1-15(10-9(12)13-16-14-10)6-7-3-2-4-8(11)5-7/h2-5H,6H2,1H3. The monoisotopic (exact) mass is 317 g/mol. The van der Waals surface area contributed by atoms with E-state index in [9.17, 15) is 0 Å². The van der Waals surface area contributed by atoms with E-state index in [-0.39, 0.29) is 0 Å². The van der Waals surface area contributed by atoms with Crippen LogP contribution in [0.1, 0.15) is 5.56 Å². The average molecular weight is 319 g/mol. The van der Waals surface area contributed by atoms with Gasteiger partial charge in [-0.25, -0.2) is 0 Å². The maximum atomic E-state index is 5.92. The smallest absolute Gasteiger partial charge is 0.187 e. The Labute approximate surface area is 112 Å². The molecule has 1 aromatic heterocycles. The number of nitrogens with zero attached hydrogens (tertiary/aromatic N) is 3. The molecule has 0 aliphatic rings. The van der Waals surface area contributed by atoms with Crippen molar-refractivity contribution >= 4 is 45.1 Å². The van der Waals surface area contributed by atoms with E-state index >= 15 is 0 Å². The summed E-state index contributed by atoms with van der Waals surface area (Å²) in [7, 11) is 1.95. The van der Waals surface area contributed by atoms with E-state index in [0.717, 1.165) is 28.6 Å². The minimum absolute atomic E-state index is 0.461. The zero-order valence-corrected chi connectivity index (χ0v) is 11.7. The molecule has 0 fully saturated rings. The highest BCUT2D eigenvalue weighted by molar-refractivity contribution is 9.10. The van der Waals surface area contributed by atoms with Gasteiger partial charge >= 0.3 is 0 Å². The third-order valence-electron chi connectivity index (χ3n) is 2.10. The van der Waals surface area contributed by atoms with E-state index in [1.54, 1.807) is 0 Å². The van der Waals surface area contributed by atoms with E-state index in [1.807, 2.05) is 24.1 Å². The molecule has 2 aromatic rings. The summed E-state index contributed by atoms with van der Waals surface area (Å²) >= 11 is 10.5. The predicted octanol–water partition coefficient (Wildman–Crippen LogP) is 3.59. The second kappa shape index (κ2) is 5.12. The Morgan fingerprint density at radius 3 is 2.88 bits per heavy atom. The number of halogens is 2. The second-order valence-electron chi connectivity index (χ2n) is 3.36. The number of aromatic nitrogens is 2. The zero-order valence-electron chi connectivity index (χ0n) is 8.52. The van der Waals surface area contributed by atoms with Gasteiger partial charge in [-0.05, 0) is 17.7 Å². The molecule has 16 heavy (non-hydrogen) atoms. The van der Waals surface area contributed by atoms with Gasteiger partial charge in [-0.15, -0.1) is 0 Å². The van der Waals surface area contributed by atoms with Crippen LogP contribution in [0.3, 0.4) is 0 Å². The van der Waals surface area contributed by atoms with Crippen molar-refractivity contribution in [3.63, 3.8) is 0 Å². The van der Waals surface area contributed by atoms with Crippen molar-refractivity contribution in [3.05, 3.63) is 39.5 Å². The molecule has 0 aliphatic carbocycles. The molecule has 1 heterocycles. The van der Waals surface area contributed by atoms with E-state index in [4.69, 9.17) is 11.6 Å². The molecular weight excluding hydrogens is 310 g/mol. The quantitative estimate of drug-likeness (QED) is 0.866. The summed E-state index contributed by atoms with van der Waals surface area (Å²) in [6.45, 7) is 0.755. The fraction of sp³-hybridized carbons (Fsp3) is 0.200. The van der Waals surface area contributed by atoms with Gasteiger partial charge in [0.2, 0.25) is 0 Å². The first-order valence-electron chi connectivity index (χ1n) is 4.60. The Morgan fingerprint density at radius 2 is 2.25 bits per heavy atom. The fourth-order valence-corrected chi connectivity index (χ4v) is 2.66. The highest BCUT2D eigenvalue weighted by Crippen LogP contribution is 2.23. The molecule has 2 rings (SSSR count). The fourth-order valence-electron chi connectivity index (χ4n) is 1.38. The number of rotatable bonds is 3. The van der Waals surface area contributed by atoms with Crippen molar-refractivity contribution in [1.82, 2.24) is 8.75 Å². The topological polar surface area (TPSA) is 29.0 Å². The molecule has 0 aliphatic heterocycles. The van der Waals surface area contributed by atoms with Crippen LogP contribution in [0.15, 0.2) is 28.7 Å². The Hall–Kier alpha value is -0.650. The van der Waals surface area contributed by atoms with Crippen LogP contribution in [-0.4, -0.2) is 15.8 Å². The minimum atomic E-state index is 0.461. The van der Waals surface area contributed by atoms with E-state index < -0.39 is 0 Å². The number of anilines is 1. The first kappa shape index (κ1) is 11.8. The van der Waals surface area contributed by atoms with Gasteiger partial charge in [0.15, 0.2) is 11.0 Å². The highest BCUT2D eigenvalue weighted by Gasteiger charge is 2.10. The van der Waals surface area contributed by atoms with Crippen molar-refractivity contribution < 1.29 is 0 Å². The Bertz CT molecular complexity index is 488. The van der Waals surface area contributed by atoms with Crippen LogP contribution < -0.4 is 4.90 Å². The van der Waals surface area contributed by atoms with Crippen LogP contribution in [0.4, 0.5) is 5.82 Å². The molecule has 0 unspecified atom stereocenters. The lowest BCUT2D eigenvalue weighted by Gasteiger charge is -2.16. The molecule has 0 spiro atoms. The van der Waals surface area contributed by atoms with Gasteiger partial charge in [0, 0.05) is 18.1 Å². The van der Waals surface area contributed by atoms with Gasteiger partial charge in [-0.1, -0.05) is 39.7 Å². The summed E-state index contributed by atoms with van der Waals surface area (Å²) in [6.07, 6.45) is 0. The number of benzene rings is 1. The molecule has 0 atom stereocenters. The lowest BCUT2D eigenvalue weighted by Crippen LogP contribution is -2.16. The first-order chi connectivity index (χ1) is 7.66. The van der Waals surface area contributed by atoms with Gasteiger partial charge in [0.05, 0.1) is 11.7 Å². The maximum absolute atomic E-state index is 5.92. The Morgan fingerprint density at radius 1 is 1.44 bits per heavy atom. The van der Waals surface area contributed by atoms with Crippen molar-refractivity contribution in [1.29, 1.82) is 0 Å². The van der Waals surface area contributed by atoms with Crippen molar-refractivity contribution in [2.24, 2.45) is 0 Å². The van der Waals surface area contributed by atoms with Gasteiger partial charge in [-0.2, -0.15) is 8.75 Å². The SMILES string of the molecule is CN(Cc1cccc(Br)c1)c1nsnc1Cl. The highest BCUT2D eigenvalue weighted by atomic mass is 79.9. The normalized spacial score (nSPS) is 10.4. The summed E-state index contributed by atoms with van der Waals surface area (Å²) in [4.78, 5) is 1.98. The largest absolute Gasteiger partial charge is 0.352 e. The Kier molecular flexibility index (Phi) is 3.78. The van der Waals surface area contributed by atoms with Gasteiger partial charge in [0.25, 0.3) is 0 Å².